The third-order valence-corrected chi connectivity index (χ3v) is 5.33. The summed E-state index contributed by atoms with van der Waals surface area (Å²) in [6.07, 6.45) is 7.70. The molecule has 1 aliphatic carbocycles. The number of benzene rings is 1. The lowest BCUT2D eigenvalue weighted by molar-refractivity contribution is 0.600. The summed E-state index contributed by atoms with van der Waals surface area (Å²) in [7, 11) is -1.67. The molecule has 0 bridgehead atoms. The molecule has 1 aromatic rings. The maximum Gasteiger partial charge on any atom is 0.231 e. The second kappa shape index (κ2) is 8.57. The molecule has 2 N–H and O–H groups in total. The Bertz CT molecular complexity index is 689. The van der Waals surface area contributed by atoms with E-state index >= 15 is 0 Å². The molecule has 0 unspecified atom stereocenters. The zero-order valence-electron chi connectivity index (χ0n) is 14.2. The molecule has 1 aromatic carbocycles. The Morgan fingerprint density at radius 2 is 1.87 bits per heavy atom. The summed E-state index contributed by atoms with van der Waals surface area (Å²) >= 11 is 4.22. The number of sulfonamides is 1. The minimum atomic E-state index is -3.20. The summed E-state index contributed by atoms with van der Waals surface area (Å²) in [5, 5.41) is 0. The smallest absolute Gasteiger partial charge is 0.231 e. The van der Waals surface area contributed by atoms with E-state index in [1.807, 2.05) is 13.0 Å². The molecule has 0 saturated heterocycles. The van der Waals surface area contributed by atoms with Crippen molar-refractivity contribution in [3.63, 3.8) is 0 Å². The number of nitrogens with zero attached hydrogens (tertiary/aromatic N) is 1. The average Bonchev–Trinajstić information content (AvgIpc) is 2.50. The van der Waals surface area contributed by atoms with Crippen LogP contribution in [0, 0.1) is 6.92 Å². The highest BCUT2D eigenvalue weighted by molar-refractivity contribution is 7.92. The first-order valence-electron chi connectivity index (χ1n) is 7.44. The van der Waals surface area contributed by atoms with E-state index in [4.69, 9.17) is 5.73 Å². The Morgan fingerprint density at radius 1 is 1.22 bits per heavy atom. The quantitative estimate of drug-likeness (QED) is 0.818. The van der Waals surface area contributed by atoms with Gasteiger partial charge in [0.05, 0.1) is 11.9 Å². The molecule has 0 spiro atoms. The topological polar surface area (TPSA) is 63.4 Å². The van der Waals surface area contributed by atoms with Crippen molar-refractivity contribution in [1.82, 2.24) is 0 Å². The third-order valence-electron chi connectivity index (χ3n) is 3.75. The maximum absolute atomic E-state index is 11.3. The summed E-state index contributed by atoms with van der Waals surface area (Å²) in [6.45, 7) is 4.51. The lowest BCUT2D eigenvalue weighted by Crippen LogP contribution is -2.25. The van der Waals surface area contributed by atoms with Gasteiger partial charge in [-0.3, -0.25) is 4.31 Å². The minimum absolute atomic E-state index is 0.414. The summed E-state index contributed by atoms with van der Waals surface area (Å²) in [5.41, 5.74) is 9.70. The van der Waals surface area contributed by atoms with E-state index in [1.165, 1.54) is 34.5 Å². The van der Waals surface area contributed by atoms with Gasteiger partial charge in [-0.05, 0) is 54.9 Å². The fourth-order valence-electron chi connectivity index (χ4n) is 2.00. The Hall–Kier alpha value is -1.24. The highest BCUT2D eigenvalue weighted by atomic mass is 32.2. The Kier molecular flexibility index (Phi) is 7.38. The number of hydrogen-bond acceptors (Lipinski definition) is 4. The monoisotopic (exact) mass is 354 g/mol. The SMILES string of the molecule is CC1=CC=C(S)CC1.Cc1ccc(N(C)S(C)(=O)=O)cc1CN. The first-order chi connectivity index (χ1) is 10.6. The van der Waals surface area contributed by atoms with Gasteiger partial charge in [-0.25, -0.2) is 8.42 Å². The van der Waals surface area contributed by atoms with E-state index in [1.54, 1.807) is 12.1 Å². The van der Waals surface area contributed by atoms with Crippen LogP contribution < -0.4 is 10.0 Å². The van der Waals surface area contributed by atoms with Gasteiger partial charge in [-0.15, -0.1) is 12.6 Å². The van der Waals surface area contributed by atoms with E-state index in [-0.39, 0.29) is 0 Å². The molecular weight excluding hydrogens is 328 g/mol. The highest BCUT2D eigenvalue weighted by Gasteiger charge is 2.12. The number of hydrogen-bond donors (Lipinski definition) is 2. The first kappa shape index (κ1) is 19.8. The standard InChI is InChI=1S/C10H16N2O2S.C7H10S/c1-8-4-5-10(6-9(8)7-11)12(2)15(3,13)14;1-6-2-4-7(8)5-3-6/h4-6H,7,11H2,1-3H3;2,4,8H,3,5H2,1H3. The van der Waals surface area contributed by atoms with Gasteiger partial charge in [-0.1, -0.05) is 23.8 Å². The number of thiol groups is 1. The summed E-state index contributed by atoms with van der Waals surface area (Å²) in [4.78, 5) is 1.20. The molecule has 0 atom stereocenters. The van der Waals surface area contributed by atoms with Crippen LogP contribution in [0.2, 0.25) is 0 Å². The van der Waals surface area contributed by atoms with Crippen molar-refractivity contribution in [2.75, 3.05) is 17.6 Å². The zero-order valence-corrected chi connectivity index (χ0v) is 15.9. The van der Waals surface area contributed by atoms with Crippen LogP contribution in [0.4, 0.5) is 5.69 Å². The molecule has 0 radical (unpaired) electrons. The van der Waals surface area contributed by atoms with Crippen LogP contribution in [0.5, 0.6) is 0 Å². The predicted octanol–water partition coefficient (Wildman–Crippen LogP) is 3.39. The van der Waals surface area contributed by atoms with Gasteiger partial charge >= 0.3 is 0 Å². The van der Waals surface area contributed by atoms with Crippen molar-refractivity contribution in [2.45, 2.75) is 33.2 Å². The fourth-order valence-corrected chi connectivity index (χ4v) is 2.68. The number of aryl methyl sites for hydroxylation is 1. The predicted molar refractivity (Wildman–Crippen MR) is 102 cm³/mol. The van der Waals surface area contributed by atoms with Crippen molar-refractivity contribution in [3.8, 4) is 0 Å². The number of allylic oxidation sites excluding steroid dienone is 4. The van der Waals surface area contributed by atoms with Gasteiger partial charge in [0.1, 0.15) is 0 Å². The van der Waals surface area contributed by atoms with Crippen LogP contribution in [-0.4, -0.2) is 21.7 Å². The second-order valence-corrected chi connectivity index (χ2v) is 8.30. The fraction of sp³-hybridized carbons (Fsp3) is 0.412. The lowest BCUT2D eigenvalue weighted by atomic mass is 10.1. The van der Waals surface area contributed by atoms with Crippen molar-refractivity contribution in [1.29, 1.82) is 0 Å². The Labute approximate surface area is 145 Å². The average molecular weight is 355 g/mol. The van der Waals surface area contributed by atoms with Gasteiger partial charge in [0.15, 0.2) is 0 Å². The van der Waals surface area contributed by atoms with Crippen LogP contribution in [0.15, 0.2) is 40.8 Å². The first-order valence-corrected chi connectivity index (χ1v) is 9.73. The highest BCUT2D eigenvalue weighted by Crippen LogP contribution is 2.20. The molecule has 0 amide bonds. The van der Waals surface area contributed by atoms with Gasteiger partial charge in [0.2, 0.25) is 10.0 Å². The molecule has 6 heteroatoms. The zero-order chi connectivity index (χ0) is 17.6. The van der Waals surface area contributed by atoms with Crippen LogP contribution in [0.3, 0.4) is 0 Å². The molecule has 0 heterocycles. The largest absolute Gasteiger partial charge is 0.326 e. The molecule has 23 heavy (non-hydrogen) atoms. The maximum atomic E-state index is 11.3. The molecule has 1 aliphatic rings. The molecule has 128 valence electrons. The molecule has 0 fully saturated rings. The summed E-state index contributed by atoms with van der Waals surface area (Å²) < 4.78 is 23.9. The van der Waals surface area contributed by atoms with Gasteiger partial charge in [-0.2, -0.15) is 0 Å². The molecular formula is C17H26N2O2S2. The molecule has 0 saturated carbocycles. The third kappa shape index (κ3) is 6.41. The van der Waals surface area contributed by atoms with Crippen LogP contribution in [0.1, 0.15) is 30.9 Å². The number of anilines is 1. The Balaban J connectivity index is 0.000000277. The summed E-state index contributed by atoms with van der Waals surface area (Å²) in [5.74, 6) is 0. The molecule has 2 rings (SSSR count). The van der Waals surface area contributed by atoms with Crippen LogP contribution in [0.25, 0.3) is 0 Å². The van der Waals surface area contributed by atoms with Crippen molar-refractivity contribution >= 4 is 28.3 Å². The molecule has 0 aliphatic heterocycles. The lowest BCUT2D eigenvalue weighted by Gasteiger charge is -2.18. The van der Waals surface area contributed by atoms with Crippen LogP contribution in [-0.2, 0) is 16.6 Å². The summed E-state index contributed by atoms with van der Waals surface area (Å²) in [6, 6.07) is 5.45. The molecule has 4 nitrogen and oxygen atoms in total. The van der Waals surface area contributed by atoms with Gasteiger partial charge < -0.3 is 5.73 Å². The van der Waals surface area contributed by atoms with E-state index in [0.29, 0.717) is 12.2 Å². The minimum Gasteiger partial charge on any atom is -0.326 e. The van der Waals surface area contributed by atoms with Crippen molar-refractivity contribution < 1.29 is 8.42 Å². The second-order valence-electron chi connectivity index (χ2n) is 5.72. The van der Waals surface area contributed by atoms with Crippen LogP contribution >= 0.6 is 12.6 Å². The van der Waals surface area contributed by atoms with E-state index in [9.17, 15) is 8.42 Å². The van der Waals surface area contributed by atoms with E-state index < -0.39 is 10.0 Å². The number of nitrogens with two attached hydrogens (primary N) is 1. The van der Waals surface area contributed by atoms with Gasteiger partial charge in [0, 0.05) is 13.6 Å². The normalized spacial score (nSPS) is 14.3. The van der Waals surface area contributed by atoms with E-state index in [0.717, 1.165) is 17.5 Å². The molecule has 0 aromatic heterocycles. The van der Waals surface area contributed by atoms with Crippen molar-refractivity contribution in [2.24, 2.45) is 5.73 Å². The number of rotatable bonds is 3. The van der Waals surface area contributed by atoms with Crippen molar-refractivity contribution in [3.05, 3.63) is 52.0 Å². The van der Waals surface area contributed by atoms with E-state index in [2.05, 4.69) is 31.7 Å². The Morgan fingerprint density at radius 3 is 2.30 bits per heavy atom. The van der Waals surface area contributed by atoms with Gasteiger partial charge in [0.25, 0.3) is 0 Å².